The van der Waals surface area contributed by atoms with Crippen molar-refractivity contribution < 1.29 is 18.7 Å². The molecule has 0 saturated heterocycles. The molecule has 162 valence electrons. The van der Waals surface area contributed by atoms with Crippen LogP contribution in [0, 0.1) is 0 Å². The Labute approximate surface area is 184 Å². The molecule has 2 aromatic carbocycles. The number of hydrogen-bond donors (Lipinski definition) is 3. The Morgan fingerprint density at radius 3 is 2.47 bits per heavy atom. The van der Waals surface area contributed by atoms with Crippen molar-refractivity contribution >= 4 is 11.9 Å². The molecule has 32 heavy (non-hydrogen) atoms. The molecule has 2 heterocycles. The van der Waals surface area contributed by atoms with E-state index in [-0.39, 0.29) is 18.9 Å². The third-order valence-electron chi connectivity index (χ3n) is 4.41. The van der Waals surface area contributed by atoms with Crippen molar-refractivity contribution in [1.29, 1.82) is 0 Å². The van der Waals surface area contributed by atoms with Gasteiger partial charge in [0.15, 0.2) is 5.76 Å². The summed E-state index contributed by atoms with van der Waals surface area (Å²) in [5.41, 5.74) is 6.31. The molecular weight excluding hydrogens is 410 g/mol. The van der Waals surface area contributed by atoms with Gasteiger partial charge in [0.25, 0.3) is 0 Å². The lowest BCUT2D eigenvalue weighted by molar-refractivity contribution is 0.0904. The smallest absolute Gasteiger partial charge is 0.333 e. The number of hydrazine groups is 1. The van der Waals surface area contributed by atoms with Gasteiger partial charge in [0.05, 0.1) is 11.9 Å². The summed E-state index contributed by atoms with van der Waals surface area (Å²) in [7, 11) is 0. The zero-order valence-corrected chi connectivity index (χ0v) is 17.0. The number of ether oxygens (including phenoxy) is 1. The molecule has 3 amide bonds. The second-order valence-electron chi connectivity index (χ2n) is 6.76. The lowest BCUT2D eigenvalue weighted by atomic mass is 10.3. The van der Waals surface area contributed by atoms with Gasteiger partial charge >= 0.3 is 11.9 Å². The van der Waals surface area contributed by atoms with Crippen molar-refractivity contribution in [3.63, 3.8) is 0 Å². The van der Waals surface area contributed by atoms with Crippen molar-refractivity contribution in [1.82, 2.24) is 25.9 Å². The molecule has 9 heteroatoms. The van der Waals surface area contributed by atoms with Crippen LogP contribution < -0.4 is 20.9 Å². The standard InChI is InChI=1S/C23H21N5O4/c29-22(21-12-11-20(32-21)16-31-19-9-5-2-6-10-19)26-27-23(30)24-13-17-14-25-28(15-17)18-7-3-1-4-8-18/h1-12,14-15H,13,16H2,(H,26,29)(H2,24,27,30). The van der Waals surface area contributed by atoms with Crippen molar-refractivity contribution in [3.8, 4) is 11.4 Å². The van der Waals surface area contributed by atoms with E-state index < -0.39 is 11.9 Å². The van der Waals surface area contributed by atoms with E-state index in [1.807, 2.05) is 66.9 Å². The van der Waals surface area contributed by atoms with Gasteiger partial charge in [-0.3, -0.25) is 10.2 Å². The molecule has 9 nitrogen and oxygen atoms in total. The van der Waals surface area contributed by atoms with Crippen LogP contribution in [0.1, 0.15) is 21.9 Å². The number of benzene rings is 2. The van der Waals surface area contributed by atoms with Crippen LogP contribution in [0.15, 0.2) is 89.6 Å². The Bertz CT molecular complexity index is 1170. The van der Waals surface area contributed by atoms with Gasteiger partial charge in [0.2, 0.25) is 0 Å². The molecule has 0 radical (unpaired) electrons. The van der Waals surface area contributed by atoms with Crippen LogP contribution in [0.3, 0.4) is 0 Å². The number of aromatic nitrogens is 2. The molecule has 0 atom stereocenters. The number of carbonyl (C=O) groups excluding carboxylic acids is 2. The number of urea groups is 1. The van der Waals surface area contributed by atoms with Crippen LogP contribution >= 0.6 is 0 Å². The van der Waals surface area contributed by atoms with Crippen molar-refractivity contribution in [2.45, 2.75) is 13.2 Å². The predicted molar refractivity (Wildman–Crippen MR) is 116 cm³/mol. The third-order valence-corrected chi connectivity index (χ3v) is 4.41. The summed E-state index contributed by atoms with van der Waals surface area (Å²) in [5, 5.41) is 6.91. The van der Waals surface area contributed by atoms with Crippen molar-refractivity contribution in [3.05, 3.63) is 102 Å². The maximum absolute atomic E-state index is 12.2. The highest BCUT2D eigenvalue weighted by atomic mass is 16.5. The molecule has 0 aliphatic heterocycles. The van der Waals surface area contributed by atoms with Crippen LogP contribution in [-0.4, -0.2) is 21.7 Å². The molecule has 0 aliphatic carbocycles. The minimum atomic E-state index is -0.581. The summed E-state index contributed by atoms with van der Waals surface area (Å²) in [6.07, 6.45) is 3.48. The van der Waals surface area contributed by atoms with Crippen LogP contribution in [0.4, 0.5) is 4.79 Å². The Kier molecular flexibility index (Phi) is 6.47. The largest absolute Gasteiger partial charge is 0.486 e. The first kappa shape index (κ1) is 20.7. The fraction of sp³-hybridized carbons (Fsp3) is 0.0870. The summed E-state index contributed by atoms with van der Waals surface area (Å²) in [5.74, 6) is 0.658. The summed E-state index contributed by atoms with van der Waals surface area (Å²) >= 11 is 0. The second kappa shape index (κ2) is 9.98. The maximum Gasteiger partial charge on any atom is 0.333 e. The van der Waals surface area contributed by atoms with Gasteiger partial charge in [0, 0.05) is 18.3 Å². The molecule has 2 aromatic heterocycles. The van der Waals surface area contributed by atoms with Crippen LogP contribution in [-0.2, 0) is 13.2 Å². The SMILES string of the molecule is O=C(NCc1cnn(-c2ccccc2)c1)NNC(=O)c1ccc(COc2ccccc2)o1. The Hall–Kier alpha value is -4.53. The first-order valence-corrected chi connectivity index (χ1v) is 9.87. The Morgan fingerprint density at radius 2 is 1.69 bits per heavy atom. The molecule has 0 aliphatic rings. The van der Waals surface area contributed by atoms with E-state index in [1.165, 1.54) is 6.07 Å². The number of nitrogens with zero attached hydrogens (tertiary/aromatic N) is 2. The third kappa shape index (κ3) is 5.54. The summed E-state index contributed by atoms with van der Waals surface area (Å²) < 4.78 is 12.7. The molecule has 3 N–H and O–H groups in total. The van der Waals surface area contributed by atoms with Gasteiger partial charge in [-0.05, 0) is 36.4 Å². The average Bonchev–Trinajstić information content (AvgIpc) is 3.51. The predicted octanol–water partition coefficient (Wildman–Crippen LogP) is 3.19. The molecule has 4 rings (SSSR count). The minimum Gasteiger partial charge on any atom is -0.486 e. The van der Waals surface area contributed by atoms with Gasteiger partial charge in [-0.25, -0.2) is 14.9 Å². The average molecular weight is 431 g/mol. The summed E-state index contributed by atoms with van der Waals surface area (Å²) in [4.78, 5) is 24.1. The fourth-order valence-electron chi connectivity index (χ4n) is 2.82. The Morgan fingerprint density at radius 1 is 0.938 bits per heavy atom. The topological polar surface area (TPSA) is 110 Å². The highest BCUT2D eigenvalue weighted by Gasteiger charge is 2.13. The number of rotatable bonds is 7. The van der Waals surface area contributed by atoms with Crippen LogP contribution in [0.2, 0.25) is 0 Å². The number of amides is 3. The van der Waals surface area contributed by atoms with Gasteiger partial charge < -0.3 is 14.5 Å². The number of para-hydroxylation sites is 2. The highest BCUT2D eigenvalue weighted by molar-refractivity contribution is 5.92. The van der Waals surface area contributed by atoms with E-state index in [0.29, 0.717) is 11.5 Å². The van der Waals surface area contributed by atoms with Gasteiger partial charge in [-0.2, -0.15) is 5.10 Å². The van der Waals surface area contributed by atoms with E-state index in [1.54, 1.807) is 16.9 Å². The quantitative estimate of drug-likeness (QED) is 0.389. The zero-order valence-electron chi connectivity index (χ0n) is 17.0. The monoisotopic (exact) mass is 431 g/mol. The molecule has 0 saturated carbocycles. The van der Waals surface area contributed by atoms with Gasteiger partial charge in [-0.1, -0.05) is 36.4 Å². The second-order valence-corrected chi connectivity index (χ2v) is 6.76. The Balaban J connectivity index is 1.20. The van der Waals surface area contributed by atoms with E-state index >= 15 is 0 Å². The van der Waals surface area contributed by atoms with Crippen LogP contribution in [0.25, 0.3) is 5.69 Å². The molecule has 0 fully saturated rings. The fourth-order valence-corrected chi connectivity index (χ4v) is 2.82. The summed E-state index contributed by atoms with van der Waals surface area (Å²) in [6, 6.07) is 21.5. The number of carbonyl (C=O) groups is 2. The van der Waals surface area contributed by atoms with E-state index in [4.69, 9.17) is 9.15 Å². The van der Waals surface area contributed by atoms with E-state index in [2.05, 4.69) is 21.3 Å². The van der Waals surface area contributed by atoms with Crippen LogP contribution in [0.5, 0.6) is 5.75 Å². The first-order valence-electron chi connectivity index (χ1n) is 9.87. The first-order chi connectivity index (χ1) is 15.7. The lowest BCUT2D eigenvalue weighted by Gasteiger charge is -2.07. The molecular formula is C23H21N5O4. The maximum atomic E-state index is 12.2. The van der Waals surface area contributed by atoms with E-state index in [9.17, 15) is 9.59 Å². The normalized spacial score (nSPS) is 10.4. The minimum absolute atomic E-state index is 0.0566. The number of furan rings is 1. The molecule has 4 aromatic rings. The van der Waals surface area contributed by atoms with Gasteiger partial charge in [0.1, 0.15) is 18.1 Å². The molecule has 0 unspecified atom stereocenters. The highest BCUT2D eigenvalue weighted by Crippen LogP contribution is 2.14. The van der Waals surface area contributed by atoms with Gasteiger partial charge in [-0.15, -0.1) is 0 Å². The van der Waals surface area contributed by atoms with Crippen molar-refractivity contribution in [2.24, 2.45) is 0 Å². The van der Waals surface area contributed by atoms with Crippen molar-refractivity contribution in [2.75, 3.05) is 0 Å². The summed E-state index contributed by atoms with van der Waals surface area (Å²) in [6.45, 7) is 0.429. The number of hydrogen-bond acceptors (Lipinski definition) is 5. The van der Waals surface area contributed by atoms with E-state index in [0.717, 1.165) is 11.3 Å². The number of nitrogens with one attached hydrogen (secondary N) is 3. The molecule has 0 spiro atoms. The lowest BCUT2D eigenvalue weighted by Crippen LogP contribution is -2.46. The molecule has 0 bridgehead atoms. The zero-order chi connectivity index (χ0) is 22.2.